The molecule has 1 heterocycles. The van der Waals surface area contributed by atoms with Crippen LogP contribution in [0.25, 0.3) is 0 Å². The van der Waals surface area contributed by atoms with Crippen LogP contribution in [0.5, 0.6) is 0 Å². The van der Waals surface area contributed by atoms with Gasteiger partial charge in [0.1, 0.15) is 0 Å². The van der Waals surface area contributed by atoms with Gasteiger partial charge in [0.2, 0.25) is 0 Å². The molecular weight excluding hydrogens is 232 g/mol. The molecule has 16 heavy (non-hydrogen) atoms. The van der Waals surface area contributed by atoms with Crippen molar-refractivity contribution < 1.29 is 8.78 Å². The van der Waals surface area contributed by atoms with E-state index in [1.165, 1.54) is 6.07 Å². The second-order valence-corrected chi connectivity index (χ2v) is 4.52. The van der Waals surface area contributed by atoms with Crippen LogP contribution in [0.4, 0.5) is 8.78 Å². The molecule has 1 fully saturated rings. The Bertz CT molecular complexity index is 362. The highest BCUT2D eigenvalue weighted by Crippen LogP contribution is 2.31. The zero-order valence-electron chi connectivity index (χ0n) is 8.85. The van der Waals surface area contributed by atoms with E-state index in [4.69, 9.17) is 11.6 Å². The first kappa shape index (κ1) is 11.8. The number of rotatable bonds is 3. The van der Waals surface area contributed by atoms with Crippen molar-refractivity contribution in [3.63, 3.8) is 0 Å². The highest BCUT2D eigenvalue weighted by Gasteiger charge is 2.21. The molecule has 2 rings (SSSR count). The number of alkyl halides is 2. The van der Waals surface area contributed by atoms with Crippen LogP contribution in [-0.2, 0) is 6.42 Å². The molecule has 88 valence electrons. The molecule has 1 aliphatic heterocycles. The summed E-state index contributed by atoms with van der Waals surface area (Å²) in [6.07, 6.45) is 0.315. The monoisotopic (exact) mass is 245 g/mol. The van der Waals surface area contributed by atoms with Crippen LogP contribution < -0.4 is 5.32 Å². The van der Waals surface area contributed by atoms with Gasteiger partial charge in [-0.1, -0.05) is 23.7 Å². The van der Waals surface area contributed by atoms with Gasteiger partial charge in [-0.3, -0.25) is 0 Å². The Labute approximate surface area is 98.8 Å². The molecule has 0 aliphatic carbocycles. The molecule has 0 radical (unpaired) electrons. The Morgan fingerprint density at radius 3 is 2.88 bits per heavy atom. The summed E-state index contributed by atoms with van der Waals surface area (Å²) in [5.41, 5.74) is 0.666. The van der Waals surface area contributed by atoms with Gasteiger partial charge in [-0.25, -0.2) is 8.78 Å². The standard InChI is InChI=1S/C12H14ClF2N/c13-10-5-1-3-8(11(10)12(14)15)7-9-4-2-6-16-9/h1,3,5,9,12,16H,2,4,6-7H2. The molecule has 0 amide bonds. The van der Waals surface area contributed by atoms with Crippen LogP contribution in [-0.4, -0.2) is 12.6 Å². The van der Waals surface area contributed by atoms with Crippen molar-refractivity contribution in [2.75, 3.05) is 6.54 Å². The topological polar surface area (TPSA) is 12.0 Å². The number of hydrogen-bond donors (Lipinski definition) is 1. The molecule has 1 aromatic rings. The maximum atomic E-state index is 12.9. The van der Waals surface area contributed by atoms with Crippen LogP contribution in [0, 0.1) is 0 Å². The lowest BCUT2D eigenvalue weighted by Gasteiger charge is -2.14. The first-order valence-electron chi connectivity index (χ1n) is 5.47. The zero-order valence-corrected chi connectivity index (χ0v) is 9.61. The van der Waals surface area contributed by atoms with E-state index in [0.717, 1.165) is 19.4 Å². The number of hydrogen-bond acceptors (Lipinski definition) is 1. The fourth-order valence-corrected chi connectivity index (χ4v) is 2.48. The van der Waals surface area contributed by atoms with Gasteiger partial charge in [0, 0.05) is 16.6 Å². The number of halogens is 3. The molecule has 0 aromatic heterocycles. The molecule has 1 unspecified atom stereocenters. The Balaban J connectivity index is 2.21. The van der Waals surface area contributed by atoms with Crippen LogP contribution in [0.2, 0.25) is 5.02 Å². The SMILES string of the molecule is FC(F)c1c(Cl)cccc1CC1CCCN1. The summed E-state index contributed by atoms with van der Waals surface area (Å²) >= 11 is 5.81. The van der Waals surface area contributed by atoms with Crippen molar-refractivity contribution in [2.24, 2.45) is 0 Å². The van der Waals surface area contributed by atoms with E-state index in [-0.39, 0.29) is 10.6 Å². The van der Waals surface area contributed by atoms with E-state index in [0.29, 0.717) is 18.0 Å². The molecule has 1 aliphatic rings. The highest BCUT2D eigenvalue weighted by atomic mass is 35.5. The minimum absolute atomic E-state index is 0.00198. The van der Waals surface area contributed by atoms with Gasteiger partial charge in [0.05, 0.1) is 0 Å². The fourth-order valence-electron chi connectivity index (χ4n) is 2.20. The third-order valence-corrected chi connectivity index (χ3v) is 3.32. The summed E-state index contributed by atoms with van der Waals surface area (Å²) in [6, 6.07) is 5.32. The van der Waals surface area contributed by atoms with Crippen molar-refractivity contribution in [2.45, 2.75) is 31.7 Å². The van der Waals surface area contributed by atoms with Crippen molar-refractivity contribution in [3.8, 4) is 0 Å². The van der Waals surface area contributed by atoms with Crippen LogP contribution in [0.15, 0.2) is 18.2 Å². The smallest absolute Gasteiger partial charge is 0.265 e. The lowest BCUT2D eigenvalue weighted by atomic mass is 9.99. The maximum Gasteiger partial charge on any atom is 0.265 e. The molecule has 0 saturated carbocycles. The predicted molar refractivity (Wildman–Crippen MR) is 61.1 cm³/mol. The number of benzene rings is 1. The predicted octanol–water partition coefficient (Wildman–Crippen LogP) is 3.57. The summed E-state index contributed by atoms with van der Waals surface area (Å²) < 4.78 is 25.7. The van der Waals surface area contributed by atoms with E-state index in [2.05, 4.69) is 5.32 Å². The van der Waals surface area contributed by atoms with E-state index in [1.807, 2.05) is 0 Å². The van der Waals surface area contributed by atoms with E-state index in [9.17, 15) is 8.78 Å². The van der Waals surface area contributed by atoms with Gasteiger partial charge in [0.15, 0.2) is 0 Å². The molecular formula is C12H14ClF2N. The fraction of sp³-hybridized carbons (Fsp3) is 0.500. The first-order valence-corrected chi connectivity index (χ1v) is 5.85. The number of nitrogens with one attached hydrogen (secondary N) is 1. The molecule has 4 heteroatoms. The van der Waals surface area contributed by atoms with Crippen molar-refractivity contribution >= 4 is 11.6 Å². The van der Waals surface area contributed by atoms with Gasteiger partial charge < -0.3 is 5.32 Å². The van der Waals surface area contributed by atoms with Gasteiger partial charge in [-0.2, -0.15) is 0 Å². The van der Waals surface area contributed by atoms with Crippen molar-refractivity contribution in [1.82, 2.24) is 5.32 Å². The van der Waals surface area contributed by atoms with Crippen molar-refractivity contribution in [3.05, 3.63) is 34.3 Å². The molecule has 0 bridgehead atoms. The second-order valence-electron chi connectivity index (χ2n) is 4.11. The molecule has 0 spiro atoms. The lowest BCUT2D eigenvalue weighted by Crippen LogP contribution is -2.24. The van der Waals surface area contributed by atoms with E-state index < -0.39 is 6.43 Å². The second kappa shape index (κ2) is 5.11. The summed E-state index contributed by atoms with van der Waals surface area (Å²) in [6.45, 7) is 0.981. The first-order chi connectivity index (χ1) is 7.68. The van der Waals surface area contributed by atoms with Crippen LogP contribution in [0.3, 0.4) is 0 Å². The Morgan fingerprint density at radius 2 is 2.25 bits per heavy atom. The van der Waals surface area contributed by atoms with E-state index in [1.54, 1.807) is 12.1 Å². The Kier molecular flexibility index (Phi) is 3.77. The normalized spacial score (nSPS) is 20.6. The quantitative estimate of drug-likeness (QED) is 0.859. The Hall–Kier alpha value is -0.670. The molecule has 1 nitrogen and oxygen atoms in total. The lowest BCUT2D eigenvalue weighted by molar-refractivity contribution is 0.150. The summed E-state index contributed by atoms with van der Waals surface area (Å²) in [4.78, 5) is 0. The van der Waals surface area contributed by atoms with Gasteiger partial charge in [-0.05, 0) is 37.4 Å². The summed E-state index contributed by atoms with van der Waals surface area (Å²) in [5, 5.41) is 3.47. The zero-order chi connectivity index (χ0) is 11.5. The van der Waals surface area contributed by atoms with E-state index >= 15 is 0 Å². The minimum atomic E-state index is -2.50. The van der Waals surface area contributed by atoms with Gasteiger partial charge >= 0.3 is 0 Å². The van der Waals surface area contributed by atoms with Crippen LogP contribution >= 0.6 is 11.6 Å². The molecule has 1 aromatic carbocycles. The molecule has 1 atom stereocenters. The average molecular weight is 246 g/mol. The highest BCUT2D eigenvalue weighted by molar-refractivity contribution is 6.31. The maximum absolute atomic E-state index is 12.9. The summed E-state index contributed by atoms with van der Waals surface area (Å²) in [5.74, 6) is 0. The van der Waals surface area contributed by atoms with Crippen LogP contribution in [0.1, 0.15) is 30.4 Å². The largest absolute Gasteiger partial charge is 0.314 e. The van der Waals surface area contributed by atoms with Gasteiger partial charge in [0.25, 0.3) is 6.43 Å². The summed E-state index contributed by atoms with van der Waals surface area (Å²) in [7, 11) is 0. The van der Waals surface area contributed by atoms with Crippen molar-refractivity contribution in [1.29, 1.82) is 0 Å². The Morgan fingerprint density at radius 1 is 1.44 bits per heavy atom. The average Bonchev–Trinajstić information content (AvgIpc) is 2.70. The third-order valence-electron chi connectivity index (χ3n) is 2.99. The molecule has 1 N–H and O–H groups in total. The van der Waals surface area contributed by atoms with Gasteiger partial charge in [-0.15, -0.1) is 0 Å². The molecule has 1 saturated heterocycles. The minimum Gasteiger partial charge on any atom is -0.314 e. The third kappa shape index (κ3) is 2.53.